The third kappa shape index (κ3) is 3.23. The number of aromatic carboxylic acids is 1. The highest BCUT2D eigenvalue weighted by Crippen LogP contribution is 2.28. The first kappa shape index (κ1) is 12.0. The van der Waals surface area contributed by atoms with Crippen LogP contribution in [0.15, 0.2) is 23.1 Å². The van der Waals surface area contributed by atoms with Gasteiger partial charge in [-0.05, 0) is 24.6 Å². The second-order valence-electron chi connectivity index (χ2n) is 3.28. The van der Waals surface area contributed by atoms with Crippen LogP contribution in [0.1, 0.15) is 30.6 Å². The predicted molar refractivity (Wildman–Crippen MR) is 59.0 cm³/mol. The van der Waals surface area contributed by atoms with Crippen molar-refractivity contribution in [1.82, 2.24) is 0 Å². The van der Waals surface area contributed by atoms with Crippen molar-refractivity contribution in [3.05, 3.63) is 29.6 Å². The van der Waals surface area contributed by atoms with E-state index >= 15 is 0 Å². The lowest BCUT2D eigenvalue weighted by Gasteiger charge is -2.10. The van der Waals surface area contributed by atoms with Crippen molar-refractivity contribution in [2.45, 2.75) is 30.4 Å². The summed E-state index contributed by atoms with van der Waals surface area (Å²) >= 11 is 1.46. The number of benzene rings is 1. The van der Waals surface area contributed by atoms with Crippen molar-refractivity contribution < 1.29 is 14.3 Å². The summed E-state index contributed by atoms with van der Waals surface area (Å²) in [5, 5.41) is 9.22. The molecular weight excluding hydrogens is 215 g/mol. The fraction of sp³-hybridized carbons (Fsp3) is 0.364. The van der Waals surface area contributed by atoms with Gasteiger partial charge in [0.05, 0.1) is 5.56 Å². The van der Waals surface area contributed by atoms with Crippen LogP contribution < -0.4 is 0 Å². The van der Waals surface area contributed by atoms with Crippen LogP contribution in [-0.4, -0.2) is 16.3 Å². The van der Waals surface area contributed by atoms with Gasteiger partial charge < -0.3 is 5.11 Å². The molecule has 0 radical (unpaired) electrons. The van der Waals surface area contributed by atoms with Crippen molar-refractivity contribution in [2.75, 3.05) is 0 Å². The van der Waals surface area contributed by atoms with Crippen molar-refractivity contribution in [3.8, 4) is 0 Å². The quantitative estimate of drug-likeness (QED) is 0.802. The lowest BCUT2D eigenvalue weighted by atomic mass is 10.2. The van der Waals surface area contributed by atoms with Crippen LogP contribution in [0.4, 0.5) is 4.39 Å². The lowest BCUT2D eigenvalue weighted by Crippen LogP contribution is -2.02. The molecule has 0 amide bonds. The van der Waals surface area contributed by atoms with Gasteiger partial charge in [0.2, 0.25) is 0 Å². The zero-order valence-corrected chi connectivity index (χ0v) is 9.47. The maximum atomic E-state index is 12.9. The summed E-state index contributed by atoms with van der Waals surface area (Å²) < 4.78 is 12.9. The van der Waals surface area contributed by atoms with E-state index in [-0.39, 0.29) is 5.56 Å². The zero-order valence-electron chi connectivity index (χ0n) is 8.66. The van der Waals surface area contributed by atoms with Gasteiger partial charge in [-0.3, -0.25) is 0 Å². The van der Waals surface area contributed by atoms with Gasteiger partial charge in [0.1, 0.15) is 5.82 Å². The summed E-state index contributed by atoms with van der Waals surface area (Å²) in [6, 6.07) is 3.87. The molecule has 0 aliphatic heterocycles. The summed E-state index contributed by atoms with van der Waals surface area (Å²) in [5.74, 6) is -1.60. The van der Waals surface area contributed by atoms with E-state index in [4.69, 9.17) is 5.11 Å². The molecule has 0 bridgehead atoms. The molecule has 0 saturated carbocycles. The summed E-state index contributed by atoms with van der Waals surface area (Å²) in [7, 11) is 0. The Morgan fingerprint density at radius 2 is 2.27 bits per heavy atom. The fourth-order valence-electron chi connectivity index (χ4n) is 1.07. The van der Waals surface area contributed by atoms with E-state index in [0.717, 1.165) is 12.5 Å². The number of carboxylic acids is 1. The highest BCUT2D eigenvalue weighted by Gasteiger charge is 2.13. The topological polar surface area (TPSA) is 37.3 Å². The van der Waals surface area contributed by atoms with Gasteiger partial charge in [-0.25, -0.2) is 9.18 Å². The van der Waals surface area contributed by atoms with E-state index in [0.29, 0.717) is 10.1 Å². The number of rotatable bonds is 4. The van der Waals surface area contributed by atoms with Gasteiger partial charge in [-0.2, -0.15) is 0 Å². The molecule has 0 aromatic heterocycles. The smallest absolute Gasteiger partial charge is 0.336 e. The van der Waals surface area contributed by atoms with Crippen LogP contribution in [-0.2, 0) is 0 Å². The van der Waals surface area contributed by atoms with E-state index < -0.39 is 11.8 Å². The molecule has 1 N–H and O–H groups in total. The summed E-state index contributed by atoms with van der Waals surface area (Å²) in [6.07, 6.45) is 0.946. The van der Waals surface area contributed by atoms with E-state index in [1.54, 1.807) is 0 Å². The Kier molecular flexibility index (Phi) is 4.15. The Bertz CT molecular complexity index is 366. The monoisotopic (exact) mass is 228 g/mol. The Hall–Kier alpha value is -1.03. The van der Waals surface area contributed by atoms with Crippen LogP contribution in [0.3, 0.4) is 0 Å². The van der Waals surface area contributed by atoms with Crippen molar-refractivity contribution in [1.29, 1.82) is 0 Å². The molecule has 82 valence electrons. The fourth-order valence-corrected chi connectivity index (χ4v) is 2.09. The minimum atomic E-state index is -1.08. The minimum absolute atomic E-state index is 0.0419. The van der Waals surface area contributed by atoms with Crippen molar-refractivity contribution in [2.24, 2.45) is 0 Å². The van der Waals surface area contributed by atoms with Gasteiger partial charge in [0.15, 0.2) is 0 Å². The molecule has 1 unspecified atom stereocenters. The first-order valence-electron chi connectivity index (χ1n) is 4.74. The Balaban J connectivity index is 3.01. The number of hydrogen-bond donors (Lipinski definition) is 1. The SMILES string of the molecule is CCC(C)Sc1ccc(F)cc1C(=O)O. The van der Waals surface area contributed by atoms with E-state index in [9.17, 15) is 9.18 Å². The molecule has 15 heavy (non-hydrogen) atoms. The normalized spacial score (nSPS) is 12.5. The first-order valence-corrected chi connectivity index (χ1v) is 5.62. The molecule has 1 atom stereocenters. The van der Waals surface area contributed by atoms with Crippen LogP contribution in [0.5, 0.6) is 0 Å². The Morgan fingerprint density at radius 3 is 2.80 bits per heavy atom. The second-order valence-corrected chi connectivity index (χ2v) is 4.76. The highest BCUT2D eigenvalue weighted by molar-refractivity contribution is 8.00. The second kappa shape index (κ2) is 5.16. The van der Waals surface area contributed by atoms with Crippen LogP contribution in [0, 0.1) is 5.82 Å². The number of carbonyl (C=O) groups is 1. The summed E-state index contributed by atoms with van der Waals surface area (Å²) in [4.78, 5) is 11.5. The molecule has 4 heteroatoms. The van der Waals surface area contributed by atoms with Crippen LogP contribution in [0.2, 0.25) is 0 Å². The van der Waals surface area contributed by atoms with Crippen molar-refractivity contribution >= 4 is 17.7 Å². The highest BCUT2D eigenvalue weighted by atomic mass is 32.2. The summed E-state index contributed by atoms with van der Waals surface area (Å²) in [5.41, 5.74) is 0.0419. The molecule has 0 heterocycles. The Morgan fingerprint density at radius 1 is 1.60 bits per heavy atom. The third-order valence-corrected chi connectivity index (χ3v) is 3.42. The van der Waals surface area contributed by atoms with E-state index in [2.05, 4.69) is 0 Å². The molecule has 1 rings (SSSR count). The molecule has 0 spiro atoms. The van der Waals surface area contributed by atoms with Gasteiger partial charge in [-0.15, -0.1) is 11.8 Å². The summed E-state index contributed by atoms with van der Waals surface area (Å²) in [6.45, 7) is 4.04. The Labute approximate surface area is 92.5 Å². The largest absolute Gasteiger partial charge is 0.478 e. The molecule has 0 aliphatic carbocycles. The molecular formula is C11H13FO2S. The van der Waals surface area contributed by atoms with E-state index in [1.807, 2.05) is 13.8 Å². The first-order chi connectivity index (χ1) is 7.04. The molecule has 0 saturated heterocycles. The molecule has 0 aliphatic rings. The minimum Gasteiger partial charge on any atom is -0.478 e. The van der Waals surface area contributed by atoms with Gasteiger partial charge in [0, 0.05) is 10.1 Å². The van der Waals surface area contributed by atoms with Gasteiger partial charge in [-0.1, -0.05) is 13.8 Å². The van der Waals surface area contributed by atoms with Crippen molar-refractivity contribution in [3.63, 3.8) is 0 Å². The lowest BCUT2D eigenvalue weighted by molar-refractivity contribution is 0.0692. The molecule has 1 aromatic rings. The number of carboxylic acid groups (broad SMARTS) is 1. The molecule has 0 fully saturated rings. The average molecular weight is 228 g/mol. The molecule has 2 nitrogen and oxygen atoms in total. The average Bonchev–Trinajstić information content (AvgIpc) is 2.20. The number of thioether (sulfide) groups is 1. The van der Waals surface area contributed by atoms with Gasteiger partial charge in [0.25, 0.3) is 0 Å². The number of hydrogen-bond acceptors (Lipinski definition) is 2. The number of halogens is 1. The van der Waals surface area contributed by atoms with E-state index in [1.165, 1.54) is 23.9 Å². The standard InChI is InChI=1S/C11H13FO2S/c1-3-7(2)15-10-5-4-8(12)6-9(10)11(13)14/h4-7H,3H2,1-2H3,(H,13,14). The van der Waals surface area contributed by atoms with Crippen LogP contribution >= 0.6 is 11.8 Å². The maximum absolute atomic E-state index is 12.9. The molecule has 1 aromatic carbocycles. The van der Waals surface area contributed by atoms with Gasteiger partial charge >= 0.3 is 5.97 Å². The van der Waals surface area contributed by atoms with Crippen LogP contribution in [0.25, 0.3) is 0 Å². The predicted octanol–water partition coefficient (Wildman–Crippen LogP) is 3.41. The maximum Gasteiger partial charge on any atom is 0.336 e. The third-order valence-electron chi connectivity index (χ3n) is 2.08. The zero-order chi connectivity index (χ0) is 11.4.